The van der Waals surface area contributed by atoms with Crippen LogP contribution in [0.25, 0.3) is 0 Å². The van der Waals surface area contributed by atoms with Gasteiger partial charge in [-0.05, 0) is 25.5 Å². The third-order valence-electron chi connectivity index (χ3n) is 3.15. The van der Waals surface area contributed by atoms with Crippen LogP contribution in [0.2, 0.25) is 0 Å². The van der Waals surface area contributed by atoms with Crippen LogP contribution >= 0.6 is 11.3 Å². The summed E-state index contributed by atoms with van der Waals surface area (Å²) in [5, 5.41) is 14.6. The lowest BCUT2D eigenvalue weighted by atomic mass is 10.1. The highest BCUT2D eigenvalue weighted by Gasteiger charge is 2.10. The van der Waals surface area contributed by atoms with Gasteiger partial charge in [0.1, 0.15) is 5.01 Å². The first-order valence-electron chi connectivity index (χ1n) is 7.55. The van der Waals surface area contributed by atoms with Crippen LogP contribution in [0.1, 0.15) is 40.7 Å². The number of benzene rings is 1. The minimum absolute atomic E-state index is 0.101. The molecule has 0 saturated carbocycles. The molecule has 0 spiro atoms. The maximum Gasteiger partial charge on any atom is 0.251 e. The lowest BCUT2D eigenvalue weighted by molar-refractivity contribution is -0.115. The van der Waals surface area contributed by atoms with Crippen molar-refractivity contribution in [3.8, 4) is 0 Å². The fraction of sp³-hybridized carbons (Fsp3) is 0.375. The second-order valence-corrected chi connectivity index (χ2v) is 6.27. The van der Waals surface area contributed by atoms with Crippen molar-refractivity contribution < 1.29 is 9.59 Å². The van der Waals surface area contributed by atoms with Gasteiger partial charge in [0, 0.05) is 12.0 Å². The Morgan fingerprint density at radius 1 is 1.26 bits per heavy atom. The summed E-state index contributed by atoms with van der Waals surface area (Å²) < 4.78 is 0. The van der Waals surface area contributed by atoms with Crippen molar-refractivity contribution in [3.05, 3.63) is 40.4 Å². The van der Waals surface area contributed by atoms with Gasteiger partial charge in [-0.15, -0.1) is 10.2 Å². The highest BCUT2D eigenvalue weighted by Crippen LogP contribution is 2.16. The number of unbranched alkanes of at least 4 members (excludes halogenated alkanes) is 1. The number of amides is 2. The lowest BCUT2D eigenvalue weighted by Gasteiger charge is -2.05. The van der Waals surface area contributed by atoms with Crippen molar-refractivity contribution in [3.63, 3.8) is 0 Å². The first kappa shape index (κ1) is 17.1. The molecule has 0 aliphatic heterocycles. The van der Waals surface area contributed by atoms with E-state index in [0.717, 1.165) is 29.8 Å². The van der Waals surface area contributed by atoms with Crippen LogP contribution in [0.4, 0.5) is 5.13 Å². The summed E-state index contributed by atoms with van der Waals surface area (Å²) in [6.45, 7) is 3.92. The van der Waals surface area contributed by atoms with Crippen molar-refractivity contribution in [2.75, 3.05) is 11.9 Å². The van der Waals surface area contributed by atoms with E-state index in [-0.39, 0.29) is 18.4 Å². The number of aromatic nitrogens is 2. The molecule has 2 aromatic rings. The zero-order valence-corrected chi connectivity index (χ0v) is 14.1. The number of carbonyl (C=O) groups is 2. The molecule has 2 rings (SSSR count). The molecule has 0 unspecified atom stereocenters. The van der Waals surface area contributed by atoms with E-state index in [1.165, 1.54) is 11.3 Å². The molecular formula is C16H20N4O2S. The van der Waals surface area contributed by atoms with E-state index in [4.69, 9.17) is 0 Å². The number of aryl methyl sites for hydroxylation is 2. The van der Waals surface area contributed by atoms with Gasteiger partial charge < -0.3 is 5.32 Å². The van der Waals surface area contributed by atoms with Gasteiger partial charge in [0.15, 0.2) is 0 Å². The van der Waals surface area contributed by atoms with E-state index in [9.17, 15) is 9.59 Å². The molecule has 0 radical (unpaired) electrons. The molecule has 6 nitrogen and oxygen atoms in total. The molecule has 0 aliphatic carbocycles. The second kappa shape index (κ2) is 8.38. The zero-order valence-electron chi connectivity index (χ0n) is 13.3. The van der Waals surface area contributed by atoms with Gasteiger partial charge in [-0.1, -0.05) is 42.4 Å². The molecule has 1 aromatic carbocycles. The Balaban J connectivity index is 1.80. The number of anilines is 1. The molecule has 0 aliphatic rings. The largest absolute Gasteiger partial charge is 0.343 e. The van der Waals surface area contributed by atoms with Crippen LogP contribution in [0.5, 0.6) is 0 Å². The Labute approximate surface area is 139 Å². The topological polar surface area (TPSA) is 84.0 Å². The Morgan fingerprint density at radius 3 is 2.83 bits per heavy atom. The van der Waals surface area contributed by atoms with E-state index >= 15 is 0 Å². The molecular weight excluding hydrogens is 312 g/mol. The molecule has 1 heterocycles. The van der Waals surface area contributed by atoms with Crippen molar-refractivity contribution >= 4 is 28.3 Å². The van der Waals surface area contributed by atoms with E-state index < -0.39 is 0 Å². The zero-order chi connectivity index (χ0) is 16.7. The lowest BCUT2D eigenvalue weighted by Crippen LogP contribution is -2.32. The quantitative estimate of drug-likeness (QED) is 0.816. The van der Waals surface area contributed by atoms with E-state index in [0.29, 0.717) is 10.7 Å². The molecule has 122 valence electrons. The number of hydrogen-bond donors (Lipinski definition) is 2. The van der Waals surface area contributed by atoms with E-state index in [1.54, 1.807) is 12.1 Å². The molecule has 1 aromatic heterocycles. The summed E-state index contributed by atoms with van der Waals surface area (Å²) in [4.78, 5) is 23.8. The Bertz CT molecular complexity index is 684. The fourth-order valence-corrected chi connectivity index (χ4v) is 2.74. The van der Waals surface area contributed by atoms with Gasteiger partial charge in [-0.3, -0.25) is 14.9 Å². The van der Waals surface area contributed by atoms with Crippen molar-refractivity contribution in [1.82, 2.24) is 15.5 Å². The predicted octanol–water partition coefficient (Wildman–Crippen LogP) is 2.56. The van der Waals surface area contributed by atoms with Crippen LogP contribution in [0.3, 0.4) is 0 Å². The standard InChI is InChI=1S/C16H20N4O2S/c1-3-4-8-14-19-20-16(23-14)18-13(21)10-17-15(22)12-7-5-6-11(2)9-12/h5-7,9H,3-4,8,10H2,1-2H3,(H,17,22)(H,18,20,21). The van der Waals surface area contributed by atoms with Gasteiger partial charge in [0.05, 0.1) is 6.54 Å². The molecule has 2 amide bonds. The van der Waals surface area contributed by atoms with Gasteiger partial charge in [0.2, 0.25) is 11.0 Å². The van der Waals surface area contributed by atoms with Crippen LogP contribution in [-0.4, -0.2) is 28.6 Å². The summed E-state index contributed by atoms with van der Waals surface area (Å²) in [5.41, 5.74) is 1.53. The smallest absolute Gasteiger partial charge is 0.251 e. The predicted molar refractivity (Wildman–Crippen MR) is 90.7 cm³/mol. The van der Waals surface area contributed by atoms with Crippen LogP contribution in [0, 0.1) is 6.92 Å². The minimum atomic E-state index is -0.316. The van der Waals surface area contributed by atoms with E-state index in [1.807, 2.05) is 19.1 Å². The monoisotopic (exact) mass is 332 g/mol. The average Bonchev–Trinajstić information content (AvgIpc) is 2.98. The Morgan fingerprint density at radius 2 is 2.09 bits per heavy atom. The summed E-state index contributed by atoms with van der Waals surface area (Å²) in [5.74, 6) is -0.589. The SMILES string of the molecule is CCCCc1nnc(NC(=O)CNC(=O)c2cccc(C)c2)s1. The number of nitrogens with one attached hydrogen (secondary N) is 2. The average molecular weight is 332 g/mol. The van der Waals surface area contributed by atoms with E-state index in [2.05, 4.69) is 27.8 Å². The molecule has 2 N–H and O–H groups in total. The Kier molecular flexibility index (Phi) is 6.22. The normalized spacial score (nSPS) is 10.3. The van der Waals surface area contributed by atoms with Crippen LogP contribution in [-0.2, 0) is 11.2 Å². The molecule has 0 saturated heterocycles. The first-order chi connectivity index (χ1) is 11.1. The summed E-state index contributed by atoms with van der Waals surface area (Å²) in [6, 6.07) is 7.21. The summed E-state index contributed by atoms with van der Waals surface area (Å²) in [7, 11) is 0. The number of rotatable bonds is 7. The Hall–Kier alpha value is -2.28. The van der Waals surface area contributed by atoms with Crippen molar-refractivity contribution in [1.29, 1.82) is 0 Å². The van der Waals surface area contributed by atoms with Crippen molar-refractivity contribution in [2.24, 2.45) is 0 Å². The highest BCUT2D eigenvalue weighted by molar-refractivity contribution is 7.15. The maximum atomic E-state index is 12.0. The molecule has 23 heavy (non-hydrogen) atoms. The molecule has 0 bridgehead atoms. The van der Waals surface area contributed by atoms with Crippen molar-refractivity contribution in [2.45, 2.75) is 33.1 Å². The summed E-state index contributed by atoms with van der Waals surface area (Å²) in [6.07, 6.45) is 3.01. The minimum Gasteiger partial charge on any atom is -0.343 e. The number of hydrogen-bond acceptors (Lipinski definition) is 5. The van der Waals surface area contributed by atoms with Gasteiger partial charge in [-0.2, -0.15) is 0 Å². The molecule has 7 heteroatoms. The van der Waals surface area contributed by atoms with Crippen LogP contribution < -0.4 is 10.6 Å². The third-order valence-corrected chi connectivity index (χ3v) is 4.05. The first-order valence-corrected chi connectivity index (χ1v) is 8.37. The second-order valence-electron chi connectivity index (χ2n) is 5.20. The molecule has 0 atom stereocenters. The number of nitrogens with zero attached hydrogens (tertiary/aromatic N) is 2. The molecule has 0 fully saturated rings. The maximum absolute atomic E-state index is 12.0. The van der Waals surface area contributed by atoms with Gasteiger partial charge in [0.25, 0.3) is 5.91 Å². The van der Waals surface area contributed by atoms with Gasteiger partial charge >= 0.3 is 0 Å². The van der Waals surface area contributed by atoms with Gasteiger partial charge in [-0.25, -0.2) is 0 Å². The summed E-state index contributed by atoms with van der Waals surface area (Å²) >= 11 is 1.37. The highest BCUT2D eigenvalue weighted by atomic mass is 32.1. The van der Waals surface area contributed by atoms with Crippen LogP contribution in [0.15, 0.2) is 24.3 Å². The number of carbonyl (C=O) groups excluding carboxylic acids is 2. The fourth-order valence-electron chi connectivity index (χ4n) is 1.95. The third kappa shape index (κ3) is 5.45.